The molecule has 0 bridgehead atoms. The normalized spacial score (nSPS) is 23.9. The molecular formula is C36H45BrN4O9. The number of alkyl carbamates (subject to hydrolysis) is 1. The first kappa shape index (κ1) is 37.1. The highest BCUT2D eigenvalue weighted by molar-refractivity contribution is 9.09. The van der Waals surface area contributed by atoms with Crippen LogP contribution in [0.3, 0.4) is 0 Å². The minimum absolute atomic E-state index is 0.0271. The fourth-order valence-electron chi connectivity index (χ4n) is 6.78. The number of pyridine rings is 1. The molecule has 5 atom stereocenters. The summed E-state index contributed by atoms with van der Waals surface area (Å²) in [4.78, 5) is 73.1. The lowest BCUT2D eigenvalue weighted by Gasteiger charge is -2.35. The molecule has 3 fully saturated rings. The number of esters is 1. The summed E-state index contributed by atoms with van der Waals surface area (Å²) in [6, 6.07) is 4.61. The predicted octanol–water partition coefficient (Wildman–Crippen LogP) is 4.49. The zero-order chi connectivity index (χ0) is 36.4. The van der Waals surface area contributed by atoms with E-state index in [1.807, 2.05) is 20.8 Å². The Balaban J connectivity index is 1.47. The number of carbonyl (C=O) groups excluding carboxylic acids is 5. The summed E-state index contributed by atoms with van der Waals surface area (Å²) < 4.78 is 22.5. The second-order valence-electron chi connectivity index (χ2n) is 14.2. The number of nitrogens with one attached hydrogen (secondary N) is 2. The van der Waals surface area contributed by atoms with E-state index in [0.29, 0.717) is 28.8 Å². The van der Waals surface area contributed by atoms with E-state index in [1.54, 1.807) is 30.3 Å². The van der Waals surface area contributed by atoms with Crippen molar-refractivity contribution < 1.29 is 42.9 Å². The number of benzene rings is 1. The van der Waals surface area contributed by atoms with Gasteiger partial charge in [-0.25, -0.2) is 14.6 Å². The quantitative estimate of drug-likeness (QED) is 0.137. The molecule has 1 saturated heterocycles. The van der Waals surface area contributed by atoms with Gasteiger partial charge in [0.05, 0.1) is 31.6 Å². The maximum absolute atomic E-state index is 14.5. The lowest BCUT2D eigenvalue weighted by Crippen LogP contribution is -2.59. The molecule has 5 rings (SSSR count). The van der Waals surface area contributed by atoms with E-state index in [-0.39, 0.29) is 41.8 Å². The number of alkyl halides is 1. The van der Waals surface area contributed by atoms with Crippen molar-refractivity contribution in [2.24, 2.45) is 11.3 Å². The van der Waals surface area contributed by atoms with Gasteiger partial charge in [-0.3, -0.25) is 14.4 Å². The van der Waals surface area contributed by atoms with E-state index in [0.717, 1.165) is 25.7 Å². The molecule has 2 aromatic rings. The smallest absolute Gasteiger partial charge is 0.408 e. The van der Waals surface area contributed by atoms with Crippen LogP contribution in [0.4, 0.5) is 4.79 Å². The van der Waals surface area contributed by atoms with Crippen LogP contribution in [0.25, 0.3) is 10.9 Å². The number of amides is 3. The van der Waals surface area contributed by atoms with Gasteiger partial charge < -0.3 is 34.5 Å². The summed E-state index contributed by atoms with van der Waals surface area (Å²) in [5, 5.41) is 6.27. The number of nitrogens with zero attached hydrogens (tertiary/aromatic N) is 2. The Morgan fingerprint density at radius 1 is 1.12 bits per heavy atom. The zero-order valence-corrected chi connectivity index (χ0v) is 30.7. The molecule has 14 heteroatoms. The number of likely N-dealkylation sites (tertiary alicyclic amines) is 1. The molecule has 3 amide bonds. The second kappa shape index (κ2) is 15.0. The van der Waals surface area contributed by atoms with E-state index < -0.39 is 53.0 Å². The Morgan fingerprint density at radius 3 is 2.44 bits per heavy atom. The van der Waals surface area contributed by atoms with Crippen LogP contribution in [0.15, 0.2) is 36.9 Å². The number of fused-ring (bicyclic) bond motifs is 1. The van der Waals surface area contributed by atoms with E-state index in [9.17, 15) is 24.0 Å². The molecule has 3 aliphatic rings. The number of ether oxygens (including phenoxy) is 4. The number of halogens is 1. The first-order valence-electron chi connectivity index (χ1n) is 16.8. The van der Waals surface area contributed by atoms with Gasteiger partial charge in [0.2, 0.25) is 11.8 Å². The molecule has 0 radical (unpaired) electrons. The number of methoxy groups -OCH3 is 2. The second-order valence-corrected chi connectivity index (χ2v) is 14.7. The highest BCUT2D eigenvalue weighted by Gasteiger charge is 2.62. The van der Waals surface area contributed by atoms with Gasteiger partial charge in [0, 0.05) is 29.9 Å². The molecule has 1 aromatic heterocycles. The number of hydrogen-bond acceptors (Lipinski definition) is 10. The van der Waals surface area contributed by atoms with Crippen molar-refractivity contribution in [1.29, 1.82) is 0 Å². The Labute approximate surface area is 299 Å². The molecule has 2 aliphatic carbocycles. The van der Waals surface area contributed by atoms with Crippen molar-refractivity contribution in [3.05, 3.63) is 42.6 Å². The lowest BCUT2D eigenvalue weighted by atomic mass is 9.85. The van der Waals surface area contributed by atoms with E-state index in [1.165, 1.54) is 19.1 Å². The van der Waals surface area contributed by atoms with Gasteiger partial charge in [-0.2, -0.15) is 0 Å². The number of ketones is 1. The first-order chi connectivity index (χ1) is 23.7. The average Bonchev–Trinajstić information content (AvgIpc) is 3.36. The van der Waals surface area contributed by atoms with E-state index in [2.05, 4.69) is 38.1 Å². The standard InChI is InChI=1S/C36H45BrN4O9/c1-7-20-17-36(20,33(45)48-6)40-31(43)27-15-23(49-29-16-26(28(42)18-37)38-25-14-22(47-5)12-13-24(25)29)19-41(27)32(44)30(35(2,3)4)39-34(46)50-21-10-8-9-11-21/h7,12-14,16,20-21,23,27,30H,1,8-11,15,17-19H2,2-6H3,(H,39,46)(H,40,43). The van der Waals surface area contributed by atoms with Gasteiger partial charge in [-0.05, 0) is 49.7 Å². The minimum Gasteiger partial charge on any atom is -0.497 e. The lowest BCUT2D eigenvalue weighted by molar-refractivity contribution is -0.148. The highest BCUT2D eigenvalue weighted by atomic mass is 79.9. The minimum atomic E-state index is -1.29. The van der Waals surface area contributed by atoms with Crippen LogP contribution >= 0.6 is 15.9 Å². The SMILES string of the molecule is C=CC1CC1(NC(=O)C1CC(Oc2cc(C(=O)CBr)nc3cc(OC)ccc23)CN1C(=O)C(NC(=O)OC1CCCC1)C(C)(C)C)C(=O)OC. The maximum Gasteiger partial charge on any atom is 0.408 e. The zero-order valence-electron chi connectivity index (χ0n) is 29.1. The number of carbonyl (C=O) groups is 5. The summed E-state index contributed by atoms with van der Waals surface area (Å²) in [6.45, 7) is 9.20. The third-order valence-corrected chi connectivity index (χ3v) is 10.2. The van der Waals surface area contributed by atoms with Crippen molar-refractivity contribution in [3.63, 3.8) is 0 Å². The van der Waals surface area contributed by atoms with Crippen molar-refractivity contribution in [2.45, 2.75) is 89.1 Å². The molecule has 50 heavy (non-hydrogen) atoms. The summed E-state index contributed by atoms with van der Waals surface area (Å²) in [5.41, 5.74) is -1.43. The van der Waals surface area contributed by atoms with Crippen LogP contribution in [-0.2, 0) is 23.9 Å². The molecule has 2 heterocycles. The monoisotopic (exact) mass is 756 g/mol. The third kappa shape index (κ3) is 7.74. The van der Waals surface area contributed by atoms with Crippen LogP contribution in [-0.4, -0.2) is 95.5 Å². The summed E-state index contributed by atoms with van der Waals surface area (Å²) in [6.07, 6.45) is 3.80. The molecule has 5 unspecified atom stereocenters. The molecule has 1 aliphatic heterocycles. The van der Waals surface area contributed by atoms with Crippen LogP contribution in [0.1, 0.15) is 69.8 Å². The Morgan fingerprint density at radius 2 is 1.84 bits per heavy atom. The van der Waals surface area contributed by atoms with Crippen molar-refractivity contribution in [3.8, 4) is 11.5 Å². The number of Topliss-reactive ketones (excluding diaryl/α,β-unsaturated/α-hetero) is 1. The fraction of sp³-hybridized carbons (Fsp3) is 0.556. The molecule has 13 nitrogen and oxygen atoms in total. The summed E-state index contributed by atoms with van der Waals surface area (Å²) in [5.74, 6) is -1.40. The number of aromatic nitrogens is 1. The number of hydrogen-bond donors (Lipinski definition) is 2. The van der Waals surface area contributed by atoms with Crippen LogP contribution in [0.2, 0.25) is 0 Å². The fourth-order valence-corrected chi connectivity index (χ4v) is 7.06. The van der Waals surface area contributed by atoms with Crippen molar-refractivity contribution >= 4 is 56.5 Å². The Kier molecular flexibility index (Phi) is 11.1. The molecule has 2 saturated carbocycles. The molecule has 2 N–H and O–H groups in total. The van der Waals surface area contributed by atoms with Gasteiger partial charge in [0.15, 0.2) is 5.78 Å². The van der Waals surface area contributed by atoms with Crippen LogP contribution in [0, 0.1) is 11.3 Å². The molecule has 0 spiro atoms. The molecular weight excluding hydrogens is 712 g/mol. The Bertz CT molecular complexity index is 1670. The largest absolute Gasteiger partial charge is 0.497 e. The topological polar surface area (TPSA) is 162 Å². The van der Waals surface area contributed by atoms with Crippen LogP contribution in [0.5, 0.6) is 11.5 Å². The average molecular weight is 758 g/mol. The Hall–Kier alpha value is -4.20. The maximum atomic E-state index is 14.5. The van der Waals surface area contributed by atoms with Gasteiger partial charge in [-0.1, -0.05) is 42.8 Å². The molecule has 1 aromatic carbocycles. The van der Waals surface area contributed by atoms with Gasteiger partial charge in [0.25, 0.3) is 0 Å². The summed E-state index contributed by atoms with van der Waals surface area (Å²) in [7, 11) is 2.77. The predicted molar refractivity (Wildman–Crippen MR) is 187 cm³/mol. The van der Waals surface area contributed by atoms with Crippen LogP contribution < -0.4 is 20.1 Å². The van der Waals surface area contributed by atoms with Gasteiger partial charge in [0.1, 0.15) is 47.0 Å². The van der Waals surface area contributed by atoms with Crippen molar-refractivity contribution in [1.82, 2.24) is 20.5 Å². The van der Waals surface area contributed by atoms with E-state index >= 15 is 0 Å². The highest BCUT2D eigenvalue weighted by Crippen LogP contribution is 2.45. The third-order valence-electron chi connectivity index (χ3n) is 9.67. The van der Waals surface area contributed by atoms with Gasteiger partial charge in [-0.15, -0.1) is 6.58 Å². The molecule has 270 valence electrons. The van der Waals surface area contributed by atoms with E-state index in [4.69, 9.17) is 18.9 Å². The van der Waals surface area contributed by atoms with Gasteiger partial charge >= 0.3 is 12.1 Å². The summed E-state index contributed by atoms with van der Waals surface area (Å²) >= 11 is 3.21. The first-order valence-corrected chi connectivity index (χ1v) is 17.9. The number of rotatable bonds is 12. The van der Waals surface area contributed by atoms with Crippen molar-refractivity contribution in [2.75, 3.05) is 26.1 Å².